The highest BCUT2D eigenvalue weighted by Crippen LogP contribution is 2.35. The largest absolute Gasteiger partial charge is 0.412 e. The predicted octanol–water partition coefficient (Wildman–Crippen LogP) is 2.72. The van der Waals surface area contributed by atoms with Crippen molar-refractivity contribution in [3.63, 3.8) is 0 Å². The molecular weight excluding hydrogens is 399 g/mol. The van der Waals surface area contributed by atoms with Crippen molar-refractivity contribution in [2.75, 3.05) is 13.1 Å². The van der Waals surface area contributed by atoms with Gasteiger partial charge in [0.05, 0.1) is 23.1 Å². The normalized spacial score (nSPS) is 17.3. The molecule has 1 fully saturated rings. The first-order valence-corrected chi connectivity index (χ1v) is 9.89. The van der Waals surface area contributed by atoms with Crippen molar-refractivity contribution >= 4 is 5.91 Å². The third-order valence-electron chi connectivity index (χ3n) is 6.01. The Kier molecular flexibility index (Phi) is 5.03. The van der Waals surface area contributed by atoms with Crippen LogP contribution in [0, 0.1) is 12.8 Å². The van der Waals surface area contributed by atoms with Gasteiger partial charge in [-0.1, -0.05) is 6.58 Å². The van der Waals surface area contributed by atoms with Crippen molar-refractivity contribution < 1.29 is 18.0 Å². The van der Waals surface area contributed by atoms with Gasteiger partial charge < -0.3 is 4.90 Å². The number of nitrogens with zero attached hydrogens (tertiary/aromatic N) is 4. The van der Waals surface area contributed by atoms with Gasteiger partial charge in [0, 0.05) is 24.2 Å². The summed E-state index contributed by atoms with van der Waals surface area (Å²) in [6, 6.07) is 0. The molecule has 0 atom stereocenters. The lowest BCUT2D eigenvalue weighted by molar-refractivity contribution is -0.100. The molecule has 0 bridgehead atoms. The third kappa shape index (κ3) is 3.54. The Morgan fingerprint density at radius 1 is 1.27 bits per heavy atom. The maximum atomic E-state index is 12.9. The van der Waals surface area contributed by atoms with Crippen LogP contribution in [0.15, 0.2) is 23.1 Å². The van der Waals surface area contributed by atoms with Crippen molar-refractivity contribution in [3.05, 3.63) is 51.2 Å². The number of allylic oxidation sites excluding steroid dienone is 1. The quantitative estimate of drug-likeness (QED) is 0.773. The number of alkyl halides is 3. The number of hydrogen-bond donors (Lipinski definition) is 1. The minimum Gasteiger partial charge on any atom is -0.338 e. The van der Waals surface area contributed by atoms with E-state index in [1.54, 1.807) is 6.92 Å². The second-order valence-electron chi connectivity index (χ2n) is 7.81. The maximum Gasteiger partial charge on any atom is 0.412 e. The van der Waals surface area contributed by atoms with Crippen LogP contribution in [-0.2, 0) is 12.8 Å². The Labute approximate surface area is 170 Å². The third-order valence-corrected chi connectivity index (χ3v) is 6.01. The molecule has 0 saturated carbocycles. The van der Waals surface area contributed by atoms with E-state index in [2.05, 4.69) is 21.6 Å². The van der Waals surface area contributed by atoms with E-state index in [9.17, 15) is 22.8 Å². The average Bonchev–Trinajstić information content (AvgIpc) is 3.33. The van der Waals surface area contributed by atoms with Crippen molar-refractivity contribution in [1.29, 1.82) is 0 Å². The molecule has 0 unspecified atom stereocenters. The molecule has 10 heteroatoms. The lowest BCUT2D eigenvalue weighted by atomic mass is 9.89. The van der Waals surface area contributed by atoms with E-state index in [1.165, 1.54) is 15.8 Å². The van der Waals surface area contributed by atoms with Gasteiger partial charge in [0.15, 0.2) is 0 Å². The number of carbonyl (C=O) groups is 1. The van der Waals surface area contributed by atoms with Gasteiger partial charge in [-0.15, -0.1) is 0 Å². The van der Waals surface area contributed by atoms with E-state index in [4.69, 9.17) is 0 Å². The Hall–Kier alpha value is -2.91. The Bertz CT molecular complexity index is 1060. The lowest BCUT2D eigenvalue weighted by Crippen LogP contribution is -2.40. The van der Waals surface area contributed by atoms with Crippen LogP contribution in [0.3, 0.4) is 0 Å². The van der Waals surface area contributed by atoms with E-state index in [-0.39, 0.29) is 43.3 Å². The summed E-state index contributed by atoms with van der Waals surface area (Å²) >= 11 is 0. The highest BCUT2D eigenvalue weighted by molar-refractivity contribution is 5.95. The number of aromatic amines is 1. The molecule has 0 aromatic carbocycles. The molecule has 3 heterocycles. The Balaban J connectivity index is 1.51. The first-order valence-electron chi connectivity index (χ1n) is 9.89. The van der Waals surface area contributed by atoms with Gasteiger partial charge in [-0.2, -0.15) is 18.3 Å². The fourth-order valence-corrected chi connectivity index (χ4v) is 4.19. The number of piperidine rings is 1. The first kappa shape index (κ1) is 20.4. The van der Waals surface area contributed by atoms with E-state index in [1.807, 2.05) is 0 Å². The zero-order valence-corrected chi connectivity index (χ0v) is 16.6. The topological polar surface area (TPSA) is 83.9 Å². The van der Waals surface area contributed by atoms with Gasteiger partial charge in [-0.25, -0.2) is 9.67 Å². The molecular formula is C20H22F3N5O2. The van der Waals surface area contributed by atoms with Gasteiger partial charge in [0.2, 0.25) is 5.95 Å². The van der Waals surface area contributed by atoms with Gasteiger partial charge >= 0.3 is 6.18 Å². The van der Waals surface area contributed by atoms with Crippen LogP contribution < -0.4 is 5.56 Å². The highest BCUT2D eigenvalue weighted by atomic mass is 19.4. The smallest absolute Gasteiger partial charge is 0.338 e. The molecule has 1 aliphatic carbocycles. The molecule has 160 valence electrons. The summed E-state index contributed by atoms with van der Waals surface area (Å²) in [7, 11) is 0. The number of nitrogens with one attached hydrogen (secondary N) is 1. The van der Waals surface area contributed by atoms with Gasteiger partial charge in [-0.05, 0) is 44.9 Å². The van der Waals surface area contributed by atoms with Crippen molar-refractivity contribution in [2.24, 2.45) is 5.92 Å². The van der Waals surface area contributed by atoms with Crippen LogP contribution in [0.1, 0.15) is 46.6 Å². The number of likely N-dealkylation sites (tertiary alicyclic amines) is 1. The van der Waals surface area contributed by atoms with Crippen molar-refractivity contribution in [2.45, 2.75) is 45.2 Å². The average molecular weight is 421 g/mol. The summed E-state index contributed by atoms with van der Waals surface area (Å²) in [6.45, 7) is 5.32. The van der Waals surface area contributed by atoms with Gasteiger partial charge in [0.1, 0.15) is 0 Å². The standard InChI is InChI=1S/C20H22F3N5O2/c1-11(20(21,22)23)13-6-8-27(9-7-13)18(30)15-10-24-28(12(15)2)19-25-16-5-3-4-14(16)17(29)26-19/h10,13H,1,3-9H2,2H3,(H,25,26,29). The molecule has 2 aliphatic rings. The van der Waals surface area contributed by atoms with Crippen LogP contribution in [0.2, 0.25) is 0 Å². The molecule has 1 N–H and O–H groups in total. The minimum atomic E-state index is -4.41. The molecule has 2 aromatic rings. The minimum absolute atomic E-state index is 0.192. The van der Waals surface area contributed by atoms with Crippen molar-refractivity contribution in [1.82, 2.24) is 24.6 Å². The van der Waals surface area contributed by atoms with Crippen LogP contribution in [0.5, 0.6) is 0 Å². The summed E-state index contributed by atoms with van der Waals surface area (Å²) in [4.78, 5) is 33.9. The van der Waals surface area contributed by atoms with Crippen LogP contribution >= 0.6 is 0 Å². The first-order chi connectivity index (χ1) is 14.2. The fraction of sp³-hybridized carbons (Fsp3) is 0.500. The monoisotopic (exact) mass is 421 g/mol. The highest BCUT2D eigenvalue weighted by Gasteiger charge is 2.39. The molecule has 2 aromatic heterocycles. The summed E-state index contributed by atoms with van der Waals surface area (Å²) in [5.41, 5.74) is 1.38. The maximum absolute atomic E-state index is 12.9. The van der Waals surface area contributed by atoms with Crippen LogP contribution in [0.25, 0.3) is 5.95 Å². The van der Waals surface area contributed by atoms with E-state index >= 15 is 0 Å². The molecule has 30 heavy (non-hydrogen) atoms. The van der Waals surface area contributed by atoms with Crippen LogP contribution in [-0.4, -0.2) is 49.8 Å². The summed E-state index contributed by atoms with van der Waals surface area (Å²) < 4.78 is 40.0. The number of halogens is 3. The van der Waals surface area contributed by atoms with E-state index < -0.39 is 17.7 Å². The summed E-state index contributed by atoms with van der Waals surface area (Å²) in [6.07, 6.45) is -0.242. The van der Waals surface area contributed by atoms with E-state index in [0.717, 1.165) is 18.5 Å². The van der Waals surface area contributed by atoms with Crippen LogP contribution in [0.4, 0.5) is 13.2 Å². The number of amides is 1. The molecule has 1 aliphatic heterocycles. The van der Waals surface area contributed by atoms with E-state index in [0.29, 0.717) is 23.2 Å². The number of rotatable bonds is 3. The van der Waals surface area contributed by atoms with Gasteiger partial charge in [0.25, 0.3) is 11.5 Å². The number of aryl methyl sites for hydroxylation is 1. The fourth-order valence-electron chi connectivity index (χ4n) is 4.19. The number of H-pyrrole nitrogens is 1. The second kappa shape index (κ2) is 7.41. The molecule has 0 spiro atoms. The zero-order chi connectivity index (χ0) is 21.6. The molecule has 1 saturated heterocycles. The molecule has 1 amide bonds. The Morgan fingerprint density at radius 2 is 1.97 bits per heavy atom. The van der Waals surface area contributed by atoms with Crippen molar-refractivity contribution in [3.8, 4) is 5.95 Å². The van der Waals surface area contributed by atoms with Gasteiger partial charge in [-0.3, -0.25) is 14.6 Å². The lowest BCUT2D eigenvalue weighted by Gasteiger charge is -2.33. The molecule has 7 nitrogen and oxygen atoms in total. The second-order valence-corrected chi connectivity index (χ2v) is 7.81. The SMILES string of the molecule is C=C(C1CCN(C(=O)c2cnn(-c3nc4c(c(=O)[nH]3)CCC4)c2C)CC1)C(F)(F)F. The number of fused-ring (bicyclic) bond motifs is 1. The number of hydrogen-bond acceptors (Lipinski definition) is 4. The number of aromatic nitrogens is 4. The summed E-state index contributed by atoms with van der Waals surface area (Å²) in [5, 5.41) is 4.22. The Morgan fingerprint density at radius 3 is 2.63 bits per heavy atom. The predicted molar refractivity (Wildman–Crippen MR) is 103 cm³/mol. The zero-order valence-electron chi connectivity index (χ0n) is 16.6. The molecule has 0 radical (unpaired) electrons. The summed E-state index contributed by atoms with van der Waals surface area (Å²) in [5.74, 6) is -0.700. The molecule has 4 rings (SSSR count). The number of carbonyl (C=O) groups excluding carboxylic acids is 1.